The number of aliphatic carboxylic acids is 1. The largest absolute Gasteiger partial charge is 0.480 e. The van der Waals surface area contributed by atoms with E-state index in [1.807, 2.05) is 0 Å². The lowest BCUT2D eigenvalue weighted by atomic mass is 10.2. The third-order valence-corrected chi connectivity index (χ3v) is 2.72. The first-order valence-corrected chi connectivity index (χ1v) is 5.37. The van der Waals surface area contributed by atoms with Gasteiger partial charge < -0.3 is 10.4 Å². The van der Waals surface area contributed by atoms with Gasteiger partial charge in [-0.25, -0.2) is 0 Å². The summed E-state index contributed by atoms with van der Waals surface area (Å²) in [6, 6.07) is 2.50. The Labute approximate surface area is 104 Å². The maximum absolute atomic E-state index is 12.6. The van der Waals surface area contributed by atoms with Crippen molar-refractivity contribution in [2.75, 3.05) is 5.32 Å². The molecule has 94 valence electrons. The van der Waals surface area contributed by atoms with Crippen molar-refractivity contribution in [3.8, 4) is 0 Å². The lowest BCUT2D eigenvalue weighted by molar-refractivity contribution is -0.138. The summed E-state index contributed by atoms with van der Waals surface area (Å²) in [7, 11) is 0. The molecule has 1 aromatic rings. The van der Waals surface area contributed by atoms with E-state index in [1.165, 1.54) is 19.1 Å². The number of benzene rings is 1. The van der Waals surface area contributed by atoms with Crippen molar-refractivity contribution in [3.05, 3.63) is 28.2 Å². The smallest absolute Gasteiger partial charge is 0.417 e. The molecule has 17 heavy (non-hydrogen) atoms. The van der Waals surface area contributed by atoms with Crippen molar-refractivity contribution in [1.82, 2.24) is 0 Å². The van der Waals surface area contributed by atoms with Crippen LogP contribution in [0.2, 0.25) is 0 Å². The first-order chi connectivity index (χ1) is 7.71. The molecule has 0 radical (unpaired) electrons. The van der Waals surface area contributed by atoms with Crippen LogP contribution in [0.25, 0.3) is 0 Å². The van der Waals surface area contributed by atoms with Crippen LogP contribution in [0.15, 0.2) is 22.7 Å². The molecule has 1 rings (SSSR count). The summed E-state index contributed by atoms with van der Waals surface area (Å²) in [5.74, 6) is -1.14. The van der Waals surface area contributed by atoms with E-state index in [1.54, 1.807) is 0 Å². The maximum atomic E-state index is 12.6. The Morgan fingerprint density at radius 3 is 2.53 bits per heavy atom. The zero-order chi connectivity index (χ0) is 13.2. The van der Waals surface area contributed by atoms with Crippen LogP contribution in [-0.4, -0.2) is 17.1 Å². The molecule has 0 aliphatic rings. The van der Waals surface area contributed by atoms with Crippen molar-refractivity contribution in [2.45, 2.75) is 19.1 Å². The highest BCUT2D eigenvalue weighted by Gasteiger charge is 2.33. The van der Waals surface area contributed by atoms with Gasteiger partial charge in [0.05, 0.1) is 5.56 Å². The molecule has 0 aliphatic heterocycles. The molecule has 3 nitrogen and oxygen atoms in total. The number of hydrogen-bond acceptors (Lipinski definition) is 2. The van der Waals surface area contributed by atoms with Crippen molar-refractivity contribution in [3.63, 3.8) is 0 Å². The van der Waals surface area contributed by atoms with E-state index in [0.29, 0.717) is 0 Å². The van der Waals surface area contributed by atoms with Crippen LogP contribution >= 0.6 is 15.9 Å². The number of carbonyl (C=O) groups is 1. The fourth-order valence-electron chi connectivity index (χ4n) is 1.14. The van der Waals surface area contributed by atoms with Crippen LogP contribution in [0.3, 0.4) is 0 Å². The molecular weight excluding hydrogens is 303 g/mol. The van der Waals surface area contributed by atoms with Gasteiger partial charge in [0.2, 0.25) is 0 Å². The monoisotopic (exact) mass is 311 g/mol. The van der Waals surface area contributed by atoms with Gasteiger partial charge >= 0.3 is 12.1 Å². The second kappa shape index (κ2) is 4.95. The SMILES string of the molecule is CC(Nc1ccc(Br)c(C(F)(F)F)c1)C(=O)O. The van der Waals surface area contributed by atoms with E-state index in [-0.39, 0.29) is 10.2 Å². The summed E-state index contributed by atoms with van der Waals surface area (Å²) >= 11 is 2.80. The lowest BCUT2D eigenvalue weighted by Gasteiger charge is -2.14. The molecular formula is C10H9BrF3NO2. The van der Waals surface area contributed by atoms with E-state index in [4.69, 9.17) is 5.11 Å². The third-order valence-electron chi connectivity index (χ3n) is 2.03. The molecule has 0 aliphatic carbocycles. The predicted molar refractivity (Wildman–Crippen MR) is 59.9 cm³/mol. The first kappa shape index (κ1) is 13.8. The molecule has 0 bridgehead atoms. The molecule has 0 amide bonds. The quantitative estimate of drug-likeness (QED) is 0.900. The van der Waals surface area contributed by atoms with Crippen LogP contribution in [0.5, 0.6) is 0 Å². The summed E-state index contributed by atoms with van der Waals surface area (Å²) in [6.07, 6.45) is -4.48. The number of nitrogens with one attached hydrogen (secondary N) is 1. The van der Waals surface area contributed by atoms with Gasteiger partial charge in [0, 0.05) is 10.2 Å². The van der Waals surface area contributed by atoms with Crippen molar-refractivity contribution in [2.24, 2.45) is 0 Å². The average molecular weight is 312 g/mol. The Hall–Kier alpha value is -1.24. The summed E-state index contributed by atoms with van der Waals surface area (Å²) in [5, 5.41) is 11.1. The second-order valence-corrected chi connectivity index (χ2v) is 4.25. The van der Waals surface area contributed by atoms with Gasteiger partial charge in [-0.3, -0.25) is 4.79 Å². The van der Waals surface area contributed by atoms with E-state index in [9.17, 15) is 18.0 Å². The number of carboxylic acids is 1. The fraction of sp³-hybridized carbons (Fsp3) is 0.300. The lowest BCUT2D eigenvalue weighted by Crippen LogP contribution is -2.25. The zero-order valence-corrected chi connectivity index (χ0v) is 10.3. The molecule has 1 aromatic carbocycles. The predicted octanol–water partition coefficient (Wildman–Crippen LogP) is 3.35. The Morgan fingerprint density at radius 1 is 1.47 bits per heavy atom. The van der Waals surface area contributed by atoms with Gasteiger partial charge in [-0.2, -0.15) is 13.2 Å². The van der Waals surface area contributed by atoms with Gasteiger partial charge in [-0.05, 0) is 25.1 Å². The number of carboxylic acid groups (broad SMARTS) is 1. The topological polar surface area (TPSA) is 49.3 Å². The van der Waals surface area contributed by atoms with Crippen LogP contribution in [0.1, 0.15) is 12.5 Å². The second-order valence-electron chi connectivity index (χ2n) is 3.40. The van der Waals surface area contributed by atoms with Gasteiger partial charge in [-0.15, -0.1) is 0 Å². The molecule has 0 heterocycles. The Bertz CT molecular complexity index is 434. The highest BCUT2D eigenvalue weighted by molar-refractivity contribution is 9.10. The minimum absolute atomic E-state index is 0.0847. The van der Waals surface area contributed by atoms with E-state index in [0.717, 1.165) is 6.07 Å². The standard InChI is InChI=1S/C10H9BrF3NO2/c1-5(9(16)17)15-6-2-3-8(11)7(4-6)10(12,13)14/h2-5,15H,1H3,(H,16,17). The number of anilines is 1. The van der Waals surface area contributed by atoms with Crippen molar-refractivity contribution >= 4 is 27.6 Å². The van der Waals surface area contributed by atoms with E-state index in [2.05, 4.69) is 21.2 Å². The number of halogens is 4. The Morgan fingerprint density at radius 2 is 2.06 bits per heavy atom. The number of alkyl halides is 3. The molecule has 1 atom stereocenters. The molecule has 0 aromatic heterocycles. The Kier molecular flexibility index (Phi) is 4.03. The van der Waals surface area contributed by atoms with Gasteiger partial charge in [0.25, 0.3) is 0 Å². The normalized spacial score (nSPS) is 13.2. The van der Waals surface area contributed by atoms with Crippen LogP contribution in [-0.2, 0) is 11.0 Å². The Balaban J connectivity index is 3.01. The van der Waals surface area contributed by atoms with Crippen LogP contribution < -0.4 is 5.32 Å². The molecule has 2 N–H and O–H groups in total. The summed E-state index contributed by atoms with van der Waals surface area (Å²) in [6.45, 7) is 1.34. The molecule has 0 fully saturated rings. The summed E-state index contributed by atoms with van der Waals surface area (Å²) in [4.78, 5) is 10.6. The fourth-order valence-corrected chi connectivity index (χ4v) is 1.62. The molecule has 0 saturated heterocycles. The molecule has 0 spiro atoms. The third kappa shape index (κ3) is 3.62. The van der Waals surface area contributed by atoms with E-state index < -0.39 is 23.8 Å². The van der Waals surface area contributed by atoms with Gasteiger partial charge in [0.15, 0.2) is 0 Å². The maximum Gasteiger partial charge on any atom is 0.417 e. The van der Waals surface area contributed by atoms with Crippen molar-refractivity contribution in [1.29, 1.82) is 0 Å². The summed E-state index contributed by atoms with van der Waals surface area (Å²) in [5.41, 5.74) is -0.740. The number of rotatable bonds is 3. The minimum Gasteiger partial charge on any atom is -0.480 e. The van der Waals surface area contributed by atoms with Crippen molar-refractivity contribution < 1.29 is 23.1 Å². The van der Waals surface area contributed by atoms with Crippen LogP contribution in [0, 0.1) is 0 Å². The average Bonchev–Trinajstić information content (AvgIpc) is 2.19. The summed E-state index contributed by atoms with van der Waals surface area (Å²) < 4.78 is 37.6. The zero-order valence-electron chi connectivity index (χ0n) is 8.68. The minimum atomic E-state index is -4.48. The molecule has 0 saturated carbocycles. The highest BCUT2D eigenvalue weighted by atomic mass is 79.9. The van der Waals surface area contributed by atoms with E-state index >= 15 is 0 Å². The molecule has 1 unspecified atom stereocenters. The molecule has 7 heteroatoms. The first-order valence-electron chi connectivity index (χ1n) is 4.58. The van der Waals surface area contributed by atoms with Crippen LogP contribution in [0.4, 0.5) is 18.9 Å². The van der Waals surface area contributed by atoms with Gasteiger partial charge in [0.1, 0.15) is 6.04 Å². The van der Waals surface area contributed by atoms with Gasteiger partial charge in [-0.1, -0.05) is 15.9 Å². The number of hydrogen-bond donors (Lipinski definition) is 2. The highest BCUT2D eigenvalue weighted by Crippen LogP contribution is 2.36.